The molecule has 1 spiro atoms. The lowest BCUT2D eigenvalue weighted by atomic mass is 9.68. The molecule has 1 N–H and O–H groups in total. The smallest absolute Gasteiger partial charge is 0.194 e. The minimum Gasteiger partial charge on any atom is -0.353 e. The summed E-state index contributed by atoms with van der Waals surface area (Å²) in [6.45, 7) is 4.93. The number of rotatable bonds is 3. The molecule has 0 bridgehead atoms. The van der Waals surface area contributed by atoms with E-state index in [1.165, 1.54) is 64.3 Å². The highest BCUT2D eigenvalue weighted by Crippen LogP contribution is 2.47. The first-order valence-corrected chi connectivity index (χ1v) is 10.1. The summed E-state index contributed by atoms with van der Waals surface area (Å²) in [5, 5.41) is 12.2. The second-order valence-corrected chi connectivity index (χ2v) is 8.37. The molecule has 2 saturated carbocycles. The van der Waals surface area contributed by atoms with Crippen molar-refractivity contribution < 1.29 is 0 Å². The van der Waals surface area contributed by atoms with E-state index in [0.29, 0.717) is 18.0 Å². The van der Waals surface area contributed by atoms with Gasteiger partial charge in [-0.1, -0.05) is 25.7 Å². The average Bonchev–Trinajstić information content (AvgIpc) is 3.18. The summed E-state index contributed by atoms with van der Waals surface area (Å²) >= 11 is 0. The van der Waals surface area contributed by atoms with Crippen LogP contribution in [-0.2, 0) is 13.6 Å². The maximum absolute atomic E-state index is 4.98. The maximum atomic E-state index is 4.98. The summed E-state index contributed by atoms with van der Waals surface area (Å²) in [6, 6.07) is 0.590. The van der Waals surface area contributed by atoms with Gasteiger partial charge in [-0.25, -0.2) is 4.99 Å². The second kappa shape index (κ2) is 6.96. The lowest BCUT2D eigenvalue weighted by Gasteiger charge is -2.38. The predicted octanol–water partition coefficient (Wildman–Crippen LogP) is 2.78. The SMILES string of the molecule is Cc1nnc(CN=C(NC2CCCCC2)N2CCC3(CCC3)C2)n1C. The quantitative estimate of drug-likeness (QED) is 0.677. The molecule has 0 amide bonds. The fourth-order valence-corrected chi connectivity index (χ4v) is 4.60. The van der Waals surface area contributed by atoms with Gasteiger partial charge in [-0.05, 0) is 44.4 Å². The monoisotopic (exact) mass is 344 g/mol. The zero-order valence-electron chi connectivity index (χ0n) is 15.8. The van der Waals surface area contributed by atoms with Gasteiger partial charge in [0.2, 0.25) is 0 Å². The number of nitrogens with one attached hydrogen (secondary N) is 1. The summed E-state index contributed by atoms with van der Waals surface area (Å²) in [5.41, 5.74) is 0.594. The van der Waals surface area contributed by atoms with Crippen LogP contribution in [0.5, 0.6) is 0 Å². The minimum absolute atomic E-state index is 0.590. The van der Waals surface area contributed by atoms with Crippen LogP contribution in [0.3, 0.4) is 0 Å². The Balaban J connectivity index is 1.48. The number of likely N-dealkylation sites (tertiary alicyclic amines) is 1. The van der Waals surface area contributed by atoms with Gasteiger partial charge >= 0.3 is 0 Å². The number of aromatic nitrogens is 3. The second-order valence-electron chi connectivity index (χ2n) is 8.37. The van der Waals surface area contributed by atoms with Crippen LogP contribution < -0.4 is 5.32 Å². The molecule has 6 nitrogen and oxygen atoms in total. The molecule has 0 atom stereocenters. The Kier molecular flexibility index (Phi) is 4.69. The Morgan fingerprint density at radius 3 is 2.56 bits per heavy atom. The van der Waals surface area contributed by atoms with Gasteiger partial charge in [0.15, 0.2) is 11.8 Å². The molecular weight excluding hydrogens is 312 g/mol. The highest BCUT2D eigenvalue weighted by atomic mass is 15.3. The fourth-order valence-electron chi connectivity index (χ4n) is 4.60. The standard InChI is InChI=1S/C19H32N6/c1-15-22-23-17(24(15)2)13-20-18(21-16-7-4-3-5-8-16)25-12-11-19(14-25)9-6-10-19/h16H,3-14H2,1-2H3,(H,20,21). The molecule has 25 heavy (non-hydrogen) atoms. The fraction of sp³-hybridized carbons (Fsp3) is 0.842. The normalized spacial score (nSPS) is 23.9. The summed E-state index contributed by atoms with van der Waals surface area (Å²) in [7, 11) is 2.02. The van der Waals surface area contributed by atoms with Crippen LogP contribution in [0, 0.1) is 12.3 Å². The first-order valence-electron chi connectivity index (χ1n) is 10.1. The van der Waals surface area contributed by atoms with Gasteiger partial charge in [0, 0.05) is 26.2 Å². The van der Waals surface area contributed by atoms with Crippen molar-refractivity contribution in [3.8, 4) is 0 Å². The number of aryl methyl sites for hydroxylation is 1. The van der Waals surface area contributed by atoms with Crippen molar-refractivity contribution in [2.24, 2.45) is 17.5 Å². The van der Waals surface area contributed by atoms with Crippen molar-refractivity contribution in [1.82, 2.24) is 25.0 Å². The molecule has 2 heterocycles. The van der Waals surface area contributed by atoms with Crippen LogP contribution in [-0.4, -0.2) is 44.8 Å². The van der Waals surface area contributed by atoms with E-state index >= 15 is 0 Å². The number of hydrogen-bond acceptors (Lipinski definition) is 3. The van der Waals surface area contributed by atoms with Crippen LogP contribution in [0.1, 0.15) is 69.4 Å². The van der Waals surface area contributed by atoms with E-state index in [-0.39, 0.29) is 0 Å². The summed E-state index contributed by atoms with van der Waals surface area (Å²) < 4.78 is 2.04. The van der Waals surface area contributed by atoms with E-state index in [1.54, 1.807) is 0 Å². The van der Waals surface area contributed by atoms with Crippen LogP contribution >= 0.6 is 0 Å². The van der Waals surface area contributed by atoms with Gasteiger partial charge < -0.3 is 14.8 Å². The Hall–Kier alpha value is -1.59. The Morgan fingerprint density at radius 1 is 1.16 bits per heavy atom. The van der Waals surface area contributed by atoms with E-state index in [9.17, 15) is 0 Å². The number of hydrogen-bond donors (Lipinski definition) is 1. The molecule has 4 rings (SSSR count). The molecule has 2 aliphatic carbocycles. The van der Waals surface area contributed by atoms with Gasteiger partial charge in [-0.3, -0.25) is 0 Å². The highest BCUT2D eigenvalue weighted by Gasteiger charge is 2.43. The topological polar surface area (TPSA) is 58.3 Å². The van der Waals surface area contributed by atoms with Crippen LogP contribution in [0.25, 0.3) is 0 Å². The molecule has 138 valence electrons. The van der Waals surface area contributed by atoms with Gasteiger partial charge in [0.05, 0.1) is 0 Å². The highest BCUT2D eigenvalue weighted by molar-refractivity contribution is 5.80. The first-order chi connectivity index (χ1) is 12.2. The van der Waals surface area contributed by atoms with E-state index in [1.807, 2.05) is 18.5 Å². The van der Waals surface area contributed by atoms with Gasteiger partial charge in [0.25, 0.3) is 0 Å². The Bertz CT molecular complexity index is 624. The molecule has 1 aromatic rings. The molecule has 6 heteroatoms. The van der Waals surface area contributed by atoms with Crippen molar-refractivity contribution in [2.45, 2.75) is 77.3 Å². The molecule has 3 aliphatic rings. The third kappa shape index (κ3) is 3.53. The predicted molar refractivity (Wildman–Crippen MR) is 99.4 cm³/mol. The van der Waals surface area contributed by atoms with E-state index in [0.717, 1.165) is 24.2 Å². The van der Waals surface area contributed by atoms with Crippen LogP contribution in [0.15, 0.2) is 4.99 Å². The molecule has 1 aliphatic heterocycles. The third-order valence-corrected chi connectivity index (χ3v) is 6.64. The Morgan fingerprint density at radius 2 is 1.96 bits per heavy atom. The van der Waals surface area contributed by atoms with Crippen molar-refractivity contribution in [3.63, 3.8) is 0 Å². The number of nitrogens with zero attached hydrogens (tertiary/aromatic N) is 5. The van der Waals surface area contributed by atoms with Crippen molar-refractivity contribution in [3.05, 3.63) is 11.6 Å². The lowest BCUT2D eigenvalue weighted by molar-refractivity contribution is 0.151. The lowest BCUT2D eigenvalue weighted by Crippen LogP contribution is -2.47. The summed E-state index contributed by atoms with van der Waals surface area (Å²) in [5.74, 6) is 3.00. The van der Waals surface area contributed by atoms with Crippen LogP contribution in [0.4, 0.5) is 0 Å². The molecular formula is C19H32N6. The first kappa shape index (κ1) is 16.9. The number of aliphatic imine (C=N–C) groups is 1. The Labute approximate surface area is 151 Å². The largest absolute Gasteiger partial charge is 0.353 e. The molecule has 3 fully saturated rings. The molecule has 0 radical (unpaired) electrons. The summed E-state index contributed by atoms with van der Waals surface area (Å²) in [6.07, 6.45) is 12.2. The maximum Gasteiger partial charge on any atom is 0.194 e. The number of guanidine groups is 1. The van der Waals surface area contributed by atoms with Crippen molar-refractivity contribution in [1.29, 1.82) is 0 Å². The van der Waals surface area contributed by atoms with E-state index < -0.39 is 0 Å². The zero-order valence-corrected chi connectivity index (χ0v) is 15.8. The average molecular weight is 345 g/mol. The van der Waals surface area contributed by atoms with Crippen molar-refractivity contribution in [2.75, 3.05) is 13.1 Å². The van der Waals surface area contributed by atoms with Crippen LogP contribution in [0.2, 0.25) is 0 Å². The molecule has 1 aromatic heterocycles. The molecule has 0 aromatic carbocycles. The minimum atomic E-state index is 0.590. The van der Waals surface area contributed by atoms with E-state index in [4.69, 9.17) is 4.99 Å². The zero-order chi connectivity index (χ0) is 17.3. The molecule has 1 saturated heterocycles. The van der Waals surface area contributed by atoms with Gasteiger partial charge in [-0.15, -0.1) is 10.2 Å². The summed E-state index contributed by atoms with van der Waals surface area (Å²) in [4.78, 5) is 7.49. The van der Waals surface area contributed by atoms with Gasteiger partial charge in [-0.2, -0.15) is 0 Å². The van der Waals surface area contributed by atoms with Gasteiger partial charge in [0.1, 0.15) is 12.4 Å². The van der Waals surface area contributed by atoms with Crippen molar-refractivity contribution >= 4 is 5.96 Å². The van der Waals surface area contributed by atoms with E-state index in [2.05, 4.69) is 20.4 Å². The molecule has 0 unspecified atom stereocenters. The third-order valence-electron chi connectivity index (χ3n) is 6.64.